The summed E-state index contributed by atoms with van der Waals surface area (Å²) in [5, 5.41) is 4.65. The van der Waals surface area contributed by atoms with Crippen LogP contribution in [0.1, 0.15) is 5.56 Å². The van der Waals surface area contributed by atoms with Gasteiger partial charge < -0.3 is 19.5 Å². The molecular formula is C12H12N2O5. The molecule has 0 aromatic heterocycles. The maximum atomic E-state index is 11.5. The van der Waals surface area contributed by atoms with Crippen LogP contribution in [0.15, 0.2) is 18.2 Å². The fourth-order valence-corrected chi connectivity index (χ4v) is 1.88. The summed E-state index contributed by atoms with van der Waals surface area (Å²) in [5.74, 6) is 0.943. The number of rotatable bonds is 3. The van der Waals surface area contributed by atoms with Crippen LogP contribution in [0.2, 0.25) is 0 Å². The van der Waals surface area contributed by atoms with E-state index in [4.69, 9.17) is 14.2 Å². The largest absolute Gasteiger partial charge is 0.454 e. The summed E-state index contributed by atoms with van der Waals surface area (Å²) in [6, 6.07) is 4.95. The second-order valence-electron chi connectivity index (χ2n) is 4.19. The van der Waals surface area contributed by atoms with Gasteiger partial charge in [-0.2, -0.15) is 0 Å². The van der Waals surface area contributed by atoms with Crippen molar-refractivity contribution in [3.63, 3.8) is 0 Å². The number of hydrogen-bond acceptors (Lipinski definition) is 5. The molecule has 7 heteroatoms. The summed E-state index contributed by atoms with van der Waals surface area (Å²) in [7, 11) is 0. The number of nitrogens with one attached hydrogen (secondary N) is 2. The number of benzene rings is 1. The van der Waals surface area contributed by atoms with E-state index in [1.54, 1.807) is 6.07 Å². The molecule has 1 unspecified atom stereocenters. The Hall–Kier alpha value is -2.28. The monoisotopic (exact) mass is 264 g/mol. The highest BCUT2D eigenvalue weighted by atomic mass is 16.7. The first-order chi connectivity index (χ1) is 9.22. The van der Waals surface area contributed by atoms with E-state index in [2.05, 4.69) is 10.6 Å². The summed E-state index contributed by atoms with van der Waals surface area (Å²) in [5.41, 5.74) is 0.869. The zero-order valence-electron chi connectivity index (χ0n) is 9.97. The molecule has 7 nitrogen and oxygen atoms in total. The molecule has 2 aliphatic heterocycles. The predicted octanol–water partition coefficient (Wildman–Crippen LogP) is 0.140. The van der Waals surface area contributed by atoms with E-state index in [0.717, 1.165) is 5.56 Å². The van der Waals surface area contributed by atoms with Gasteiger partial charge >= 0.3 is 6.03 Å². The van der Waals surface area contributed by atoms with Gasteiger partial charge in [0.1, 0.15) is 0 Å². The fourth-order valence-electron chi connectivity index (χ4n) is 1.88. The molecule has 1 atom stereocenters. The van der Waals surface area contributed by atoms with E-state index in [9.17, 15) is 9.59 Å². The average molecular weight is 264 g/mol. The van der Waals surface area contributed by atoms with Gasteiger partial charge in [0, 0.05) is 0 Å². The highest BCUT2D eigenvalue weighted by Gasteiger charge is 2.26. The van der Waals surface area contributed by atoms with Crippen molar-refractivity contribution in [3.05, 3.63) is 23.8 Å². The van der Waals surface area contributed by atoms with Crippen LogP contribution in [0.4, 0.5) is 4.79 Å². The van der Waals surface area contributed by atoms with Gasteiger partial charge in [0.05, 0.1) is 13.2 Å². The Kier molecular flexibility index (Phi) is 2.96. The molecule has 1 aromatic carbocycles. The Bertz CT molecular complexity index is 531. The van der Waals surface area contributed by atoms with Crippen LogP contribution in [-0.2, 0) is 16.1 Å². The predicted molar refractivity (Wildman–Crippen MR) is 62.7 cm³/mol. The third kappa shape index (κ3) is 2.45. The number of ether oxygens (including phenoxy) is 3. The van der Waals surface area contributed by atoms with Crippen molar-refractivity contribution in [1.82, 2.24) is 10.6 Å². The van der Waals surface area contributed by atoms with Gasteiger partial charge in [-0.3, -0.25) is 10.1 Å². The third-order valence-electron chi connectivity index (χ3n) is 2.87. The van der Waals surface area contributed by atoms with E-state index in [-0.39, 0.29) is 19.9 Å². The molecular weight excluding hydrogens is 252 g/mol. The first-order valence-corrected chi connectivity index (χ1v) is 5.81. The molecule has 19 heavy (non-hydrogen) atoms. The highest BCUT2D eigenvalue weighted by molar-refractivity contribution is 5.99. The zero-order valence-corrected chi connectivity index (χ0v) is 9.97. The van der Waals surface area contributed by atoms with Crippen molar-refractivity contribution in [2.45, 2.75) is 12.7 Å². The van der Waals surface area contributed by atoms with Gasteiger partial charge in [0.2, 0.25) is 6.79 Å². The van der Waals surface area contributed by atoms with E-state index in [0.29, 0.717) is 11.5 Å². The van der Waals surface area contributed by atoms with Crippen LogP contribution < -0.4 is 20.1 Å². The first kappa shape index (κ1) is 11.8. The number of amides is 3. The number of carbonyl (C=O) groups is 2. The van der Waals surface area contributed by atoms with Crippen LogP contribution in [0.3, 0.4) is 0 Å². The zero-order chi connectivity index (χ0) is 13.2. The normalized spacial score (nSPS) is 20.9. The van der Waals surface area contributed by atoms with Crippen molar-refractivity contribution < 1.29 is 23.8 Å². The number of urea groups is 1. The molecule has 3 amide bonds. The number of fused-ring (bicyclic) bond motifs is 1. The van der Waals surface area contributed by atoms with Crippen LogP contribution in [-0.4, -0.2) is 31.4 Å². The van der Waals surface area contributed by atoms with Gasteiger partial charge in [0.15, 0.2) is 17.6 Å². The molecule has 0 radical (unpaired) electrons. The second-order valence-corrected chi connectivity index (χ2v) is 4.19. The van der Waals surface area contributed by atoms with Gasteiger partial charge in [-0.25, -0.2) is 4.79 Å². The van der Waals surface area contributed by atoms with Crippen molar-refractivity contribution in [3.8, 4) is 11.5 Å². The molecule has 100 valence electrons. The standard InChI is InChI=1S/C12H12N2O5/c15-11-10(4-13-12(16)14-11)17-5-7-1-2-8-9(3-7)19-6-18-8/h1-3,10H,4-6H2,(H2,13,14,15,16). The van der Waals surface area contributed by atoms with E-state index >= 15 is 0 Å². The quantitative estimate of drug-likeness (QED) is 0.811. The van der Waals surface area contributed by atoms with E-state index in [1.807, 2.05) is 12.1 Å². The van der Waals surface area contributed by atoms with Gasteiger partial charge in [0.25, 0.3) is 5.91 Å². The summed E-state index contributed by atoms with van der Waals surface area (Å²) in [6.45, 7) is 0.649. The number of imide groups is 1. The third-order valence-corrected chi connectivity index (χ3v) is 2.87. The molecule has 2 aliphatic rings. The Labute approximate surface area is 108 Å². The molecule has 2 N–H and O–H groups in total. The van der Waals surface area contributed by atoms with Crippen molar-refractivity contribution in [2.75, 3.05) is 13.3 Å². The van der Waals surface area contributed by atoms with Gasteiger partial charge in [-0.1, -0.05) is 6.07 Å². The summed E-state index contributed by atoms with van der Waals surface area (Å²) < 4.78 is 15.9. The highest BCUT2D eigenvalue weighted by Crippen LogP contribution is 2.32. The SMILES string of the molecule is O=C1NCC(OCc2ccc3c(c2)OCO3)C(=O)N1. The average Bonchev–Trinajstić information content (AvgIpc) is 2.85. The molecule has 1 aromatic rings. The van der Waals surface area contributed by atoms with E-state index in [1.165, 1.54) is 0 Å². The Balaban J connectivity index is 1.60. The molecule has 3 rings (SSSR count). The smallest absolute Gasteiger partial charge is 0.321 e. The second kappa shape index (κ2) is 4.77. The first-order valence-electron chi connectivity index (χ1n) is 5.81. The minimum atomic E-state index is -0.678. The summed E-state index contributed by atoms with van der Waals surface area (Å²) in [6.07, 6.45) is -0.678. The van der Waals surface area contributed by atoms with Crippen LogP contribution in [0.5, 0.6) is 11.5 Å². The van der Waals surface area contributed by atoms with Crippen molar-refractivity contribution in [2.24, 2.45) is 0 Å². The molecule has 1 fully saturated rings. The minimum absolute atomic E-state index is 0.176. The summed E-state index contributed by atoms with van der Waals surface area (Å²) in [4.78, 5) is 22.4. The van der Waals surface area contributed by atoms with Crippen LogP contribution >= 0.6 is 0 Å². The lowest BCUT2D eigenvalue weighted by Crippen LogP contribution is -2.55. The Morgan fingerprint density at radius 1 is 1.26 bits per heavy atom. The Morgan fingerprint density at radius 2 is 2.11 bits per heavy atom. The maximum absolute atomic E-state index is 11.5. The molecule has 0 aliphatic carbocycles. The van der Waals surface area contributed by atoms with E-state index < -0.39 is 18.0 Å². The summed E-state index contributed by atoms with van der Waals surface area (Å²) >= 11 is 0. The van der Waals surface area contributed by atoms with Crippen LogP contribution in [0, 0.1) is 0 Å². The molecule has 0 bridgehead atoms. The van der Waals surface area contributed by atoms with Crippen molar-refractivity contribution >= 4 is 11.9 Å². The topological polar surface area (TPSA) is 85.9 Å². The lowest BCUT2D eigenvalue weighted by Gasteiger charge is -2.22. The number of hydrogen-bond donors (Lipinski definition) is 2. The van der Waals surface area contributed by atoms with Gasteiger partial charge in [-0.15, -0.1) is 0 Å². The van der Waals surface area contributed by atoms with Gasteiger partial charge in [-0.05, 0) is 17.7 Å². The fraction of sp³-hybridized carbons (Fsp3) is 0.333. The molecule has 2 heterocycles. The van der Waals surface area contributed by atoms with Crippen LogP contribution in [0.25, 0.3) is 0 Å². The number of carbonyl (C=O) groups excluding carboxylic acids is 2. The maximum Gasteiger partial charge on any atom is 0.321 e. The molecule has 1 saturated heterocycles. The molecule has 0 saturated carbocycles. The lowest BCUT2D eigenvalue weighted by atomic mass is 10.2. The van der Waals surface area contributed by atoms with Crippen molar-refractivity contribution in [1.29, 1.82) is 0 Å². The Morgan fingerprint density at radius 3 is 2.95 bits per heavy atom. The minimum Gasteiger partial charge on any atom is -0.454 e. The molecule has 0 spiro atoms. The lowest BCUT2D eigenvalue weighted by molar-refractivity contribution is -0.133.